The van der Waals surface area contributed by atoms with Gasteiger partial charge in [-0.05, 0) is 31.6 Å². The van der Waals surface area contributed by atoms with Crippen LogP contribution >= 0.6 is 0 Å². The van der Waals surface area contributed by atoms with Gasteiger partial charge in [0.05, 0.1) is 6.10 Å². The molecule has 2 unspecified atom stereocenters. The molecule has 1 aliphatic carbocycles. The fraction of sp³-hybridized carbons (Fsp3) is 0.750. The minimum Gasteiger partial charge on any atom is -0.393 e. The molecule has 5 nitrogen and oxygen atoms in total. The number of nitrogens with one attached hydrogen (secondary N) is 2. The van der Waals surface area contributed by atoms with Crippen LogP contribution in [0, 0.1) is 5.92 Å². The summed E-state index contributed by atoms with van der Waals surface area (Å²) in [4.78, 5) is 9.03. The Morgan fingerprint density at radius 3 is 2.62 bits per heavy atom. The highest BCUT2D eigenvalue weighted by Crippen LogP contribution is 2.24. The third-order valence-electron chi connectivity index (χ3n) is 3.97. The van der Waals surface area contributed by atoms with Gasteiger partial charge in [0.1, 0.15) is 17.5 Å². The Hall–Kier alpha value is -1.36. The maximum Gasteiger partial charge on any atom is 0.132 e. The first kappa shape index (κ1) is 16.0. The number of rotatable bonds is 7. The van der Waals surface area contributed by atoms with Crippen LogP contribution in [0.4, 0.5) is 11.6 Å². The first-order chi connectivity index (χ1) is 10.2. The monoisotopic (exact) mass is 292 g/mol. The molecule has 2 rings (SSSR count). The predicted octanol–water partition coefficient (Wildman–Crippen LogP) is 2.82. The average molecular weight is 292 g/mol. The van der Waals surface area contributed by atoms with E-state index in [1.165, 1.54) is 6.42 Å². The Kier molecular flexibility index (Phi) is 6.23. The van der Waals surface area contributed by atoms with Crippen molar-refractivity contribution in [3.05, 3.63) is 11.9 Å². The van der Waals surface area contributed by atoms with Gasteiger partial charge in [0, 0.05) is 25.6 Å². The molecule has 0 spiro atoms. The lowest BCUT2D eigenvalue weighted by molar-refractivity contribution is 0.104. The van der Waals surface area contributed by atoms with E-state index >= 15 is 0 Å². The summed E-state index contributed by atoms with van der Waals surface area (Å²) in [7, 11) is 0. The quantitative estimate of drug-likeness (QED) is 0.721. The Balaban J connectivity index is 1.94. The van der Waals surface area contributed by atoms with Crippen molar-refractivity contribution >= 4 is 11.6 Å². The van der Waals surface area contributed by atoms with Crippen LogP contribution in [0.25, 0.3) is 0 Å². The topological polar surface area (TPSA) is 70.1 Å². The fourth-order valence-corrected chi connectivity index (χ4v) is 2.79. The van der Waals surface area contributed by atoms with E-state index in [2.05, 4.69) is 34.4 Å². The van der Waals surface area contributed by atoms with Crippen LogP contribution in [-0.2, 0) is 6.42 Å². The summed E-state index contributed by atoms with van der Waals surface area (Å²) < 4.78 is 0. The number of aryl methyl sites for hydroxylation is 1. The molecule has 1 aromatic rings. The van der Waals surface area contributed by atoms with Gasteiger partial charge in [0.15, 0.2) is 0 Å². The van der Waals surface area contributed by atoms with E-state index in [4.69, 9.17) is 0 Å². The second-order valence-corrected chi connectivity index (χ2v) is 5.90. The molecule has 1 aromatic heterocycles. The smallest absolute Gasteiger partial charge is 0.132 e. The Morgan fingerprint density at radius 1 is 1.19 bits per heavy atom. The molecule has 1 aliphatic rings. The van der Waals surface area contributed by atoms with Gasteiger partial charge in [-0.2, -0.15) is 0 Å². The van der Waals surface area contributed by atoms with Crippen LogP contribution in [0.1, 0.15) is 51.8 Å². The molecule has 5 heteroatoms. The molecule has 0 aliphatic heterocycles. The van der Waals surface area contributed by atoms with Crippen LogP contribution in [0.3, 0.4) is 0 Å². The van der Waals surface area contributed by atoms with Crippen LogP contribution in [0.5, 0.6) is 0 Å². The van der Waals surface area contributed by atoms with Gasteiger partial charge in [-0.15, -0.1) is 0 Å². The summed E-state index contributed by atoms with van der Waals surface area (Å²) in [5.74, 6) is 3.19. The summed E-state index contributed by atoms with van der Waals surface area (Å²) in [5.41, 5.74) is 0. The number of aromatic nitrogens is 2. The van der Waals surface area contributed by atoms with E-state index in [9.17, 15) is 5.11 Å². The average Bonchev–Trinajstić information content (AvgIpc) is 2.51. The lowest BCUT2D eigenvalue weighted by Crippen LogP contribution is -2.25. The highest BCUT2D eigenvalue weighted by molar-refractivity contribution is 5.47. The predicted molar refractivity (Wildman–Crippen MR) is 86.6 cm³/mol. The van der Waals surface area contributed by atoms with Crippen LogP contribution in [0.2, 0.25) is 0 Å². The van der Waals surface area contributed by atoms with Crippen LogP contribution in [-0.4, -0.2) is 34.3 Å². The maximum atomic E-state index is 9.74. The second kappa shape index (κ2) is 8.17. The Morgan fingerprint density at radius 2 is 1.95 bits per heavy atom. The molecule has 0 bridgehead atoms. The fourth-order valence-electron chi connectivity index (χ4n) is 2.79. The van der Waals surface area contributed by atoms with E-state index in [1.54, 1.807) is 0 Å². The van der Waals surface area contributed by atoms with Crippen molar-refractivity contribution in [3.8, 4) is 0 Å². The molecule has 1 fully saturated rings. The van der Waals surface area contributed by atoms with Crippen molar-refractivity contribution < 1.29 is 5.11 Å². The normalized spacial score (nSPS) is 22.0. The van der Waals surface area contributed by atoms with Crippen LogP contribution < -0.4 is 10.6 Å². The number of anilines is 2. The van der Waals surface area contributed by atoms with E-state index in [1.807, 2.05) is 6.07 Å². The molecule has 2 atom stereocenters. The van der Waals surface area contributed by atoms with Gasteiger partial charge in [0.25, 0.3) is 0 Å². The highest BCUT2D eigenvalue weighted by atomic mass is 16.3. The summed E-state index contributed by atoms with van der Waals surface area (Å²) in [6.45, 7) is 6.02. The number of hydrogen-bond acceptors (Lipinski definition) is 5. The second-order valence-electron chi connectivity index (χ2n) is 5.90. The van der Waals surface area contributed by atoms with Crippen LogP contribution in [0.15, 0.2) is 6.07 Å². The first-order valence-electron chi connectivity index (χ1n) is 8.25. The molecule has 0 aromatic carbocycles. The first-order valence-corrected chi connectivity index (χ1v) is 8.25. The Bertz CT molecular complexity index is 438. The highest BCUT2D eigenvalue weighted by Gasteiger charge is 2.20. The van der Waals surface area contributed by atoms with Gasteiger partial charge in [-0.3, -0.25) is 0 Å². The zero-order valence-corrected chi connectivity index (χ0v) is 13.2. The van der Waals surface area contributed by atoms with E-state index < -0.39 is 0 Å². The Labute approximate surface area is 127 Å². The number of nitrogens with zero attached hydrogens (tertiary/aromatic N) is 2. The molecule has 0 amide bonds. The zero-order valence-electron chi connectivity index (χ0n) is 13.2. The third kappa shape index (κ3) is 5.16. The molecule has 1 saturated carbocycles. The van der Waals surface area contributed by atoms with E-state index in [0.717, 1.165) is 62.7 Å². The summed E-state index contributed by atoms with van der Waals surface area (Å²) in [6.07, 6.45) is 5.96. The minimum atomic E-state index is -0.121. The molecular weight excluding hydrogens is 264 g/mol. The summed E-state index contributed by atoms with van der Waals surface area (Å²) >= 11 is 0. The van der Waals surface area contributed by atoms with Crippen molar-refractivity contribution in [3.63, 3.8) is 0 Å². The van der Waals surface area contributed by atoms with Gasteiger partial charge in [-0.25, -0.2) is 9.97 Å². The van der Waals surface area contributed by atoms with Gasteiger partial charge in [0.2, 0.25) is 0 Å². The van der Waals surface area contributed by atoms with Crippen molar-refractivity contribution in [2.24, 2.45) is 5.92 Å². The standard InChI is InChI=1S/C16H28N4O/c1-3-8-17-15-10-16(20-14(4-2)19-15)18-11-12-6-5-7-13(21)9-12/h10,12-13,21H,3-9,11H2,1-2H3,(H2,17,18,19,20). The van der Waals surface area contributed by atoms with E-state index in [-0.39, 0.29) is 6.10 Å². The number of hydrogen-bond donors (Lipinski definition) is 3. The number of aliphatic hydroxyl groups is 1. The lowest BCUT2D eigenvalue weighted by atomic mass is 9.87. The van der Waals surface area contributed by atoms with Gasteiger partial charge in [-0.1, -0.05) is 20.3 Å². The lowest BCUT2D eigenvalue weighted by Gasteiger charge is -2.26. The van der Waals surface area contributed by atoms with E-state index in [0.29, 0.717) is 5.92 Å². The molecule has 118 valence electrons. The molecule has 0 radical (unpaired) electrons. The third-order valence-corrected chi connectivity index (χ3v) is 3.97. The van der Waals surface area contributed by atoms with Crippen molar-refractivity contribution in [2.75, 3.05) is 23.7 Å². The summed E-state index contributed by atoms with van der Waals surface area (Å²) in [6, 6.07) is 1.98. The molecule has 21 heavy (non-hydrogen) atoms. The maximum absolute atomic E-state index is 9.74. The molecule has 1 heterocycles. The zero-order chi connectivity index (χ0) is 15.1. The van der Waals surface area contributed by atoms with Crippen molar-refractivity contribution in [1.29, 1.82) is 0 Å². The van der Waals surface area contributed by atoms with Gasteiger partial charge >= 0.3 is 0 Å². The van der Waals surface area contributed by atoms with Crippen molar-refractivity contribution in [2.45, 2.75) is 58.5 Å². The largest absolute Gasteiger partial charge is 0.393 e. The van der Waals surface area contributed by atoms with Crippen molar-refractivity contribution in [1.82, 2.24) is 9.97 Å². The minimum absolute atomic E-state index is 0.121. The SMILES string of the molecule is CCCNc1cc(NCC2CCCC(O)C2)nc(CC)n1. The summed E-state index contributed by atoms with van der Waals surface area (Å²) in [5, 5.41) is 16.5. The molecule has 3 N–H and O–H groups in total. The molecular formula is C16H28N4O. The van der Waals surface area contributed by atoms with Gasteiger partial charge < -0.3 is 15.7 Å². The molecule has 0 saturated heterocycles. The number of aliphatic hydroxyl groups excluding tert-OH is 1.